The second-order valence-corrected chi connectivity index (χ2v) is 5.16. The number of ether oxygens (including phenoxy) is 1. The van der Waals surface area contributed by atoms with E-state index in [1.165, 1.54) is 0 Å². The molecule has 0 fully saturated rings. The molecule has 0 bridgehead atoms. The number of amides is 1. The maximum atomic E-state index is 11.6. The van der Waals surface area contributed by atoms with Gasteiger partial charge in [0, 0.05) is 12.4 Å². The second-order valence-electron chi connectivity index (χ2n) is 5.16. The predicted octanol–water partition coefficient (Wildman–Crippen LogP) is 1.17. The Kier molecular flexibility index (Phi) is 4.52. The van der Waals surface area contributed by atoms with E-state index in [9.17, 15) is 9.59 Å². The molecule has 1 amide bonds. The van der Waals surface area contributed by atoms with Crippen LogP contribution in [-0.2, 0) is 16.1 Å². The predicted molar refractivity (Wildman–Crippen MR) is 67.8 cm³/mol. The first-order chi connectivity index (χ1) is 8.69. The summed E-state index contributed by atoms with van der Waals surface area (Å²) in [6.07, 6.45) is 2.47. The summed E-state index contributed by atoms with van der Waals surface area (Å²) in [7, 11) is 0. The molecular weight excluding hydrogens is 250 g/mol. The number of hydrogen-bond acceptors (Lipinski definition) is 4. The monoisotopic (exact) mass is 269 g/mol. The van der Waals surface area contributed by atoms with Gasteiger partial charge in [0.05, 0.1) is 6.54 Å². The van der Waals surface area contributed by atoms with E-state index in [1.54, 1.807) is 44.7 Å². The molecule has 1 atom stereocenters. The zero-order valence-corrected chi connectivity index (χ0v) is 11.5. The number of aromatic nitrogens is 2. The lowest BCUT2D eigenvalue weighted by Gasteiger charge is -2.22. The molecule has 0 aliphatic carbocycles. The molecule has 0 saturated carbocycles. The van der Waals surface area contributed by atoms with Gasteiger partial charge < -0.3 is 19.7 Å². The van der Waals surface area contributed by atoms with Gasteiger partial charge in [-0.2, -0.15) is 0 Å². The molecule has 0 aliphatic rings. The topological polar surface area (TPSA) is 93.5 Å². The third kappa shape index (κ3) is 4.99. The molecule has 0 aliphatic heterocycles. The molecule has 1 unspecified atom stereocenters. The van der Waals surface area contributed by atoms with Gasteiger partial charge in [-0.15, -0.1) is 0 Å². The highest BCUT2D eigenvalue weighted by Crippen LogP contribution is 2.07. The molecule has 0 aromatic carbocycles. The van der Waals surface area contributed by atoms with E-state index in [2.05, 4.69) is 10.3 Å². The summed E-state index contributed by atoms with van der Waals surface area (Å²) in [6, 6.07) is -1.07. The highest BCUT2D eigenvalue weighted by Gasteiger charge is 2.24. The van der Waals surface area contributed by atoms with Crippen LogP contribution in [0.4, 0.5) is 4.79 Å². The van der Waals surface area contributed by atoms with Gasteiger partial charge in [0.25, 0.3) is 0 Å². The molecule has 106 valence electrons. The normalized spacial score (nSPS) is 12.8. The molecule has 0 radical (unpaired) electrons. The van der Waals surface area contributed by atoms with Crippen molar-refractivity contribution in [3.63, 3.8) is 0 Å². The number of imidazole rings is 1. The van der Waals surface area contributed by atoms with Gasteiger partial charge in [0.1, 0.15) is 17.5 Å². The molecular formula is C12H19N3O4. The first-order valence-electron chi connectivity index (χ1n) is 5.89. The van der Waals surface area contributed by atoms with Gasteiger partial charge in [-0.05, 0) is 27.7 Å². The lowest BCUT2D eigenvalue weighted by molar-refractivity contribution is -0.139. The van der Waals surface area contributed by atoms with E-state index >= 15 is 0 Å². The number of nitrogens with zero attached hydrogens (tertiary/aromatic N) is 2. The van der Waals surface area contributed by atoms with E-state index in [0.717, 1.165) is 0 Å². The lowest BCUT2D eigenvalue weighted by atomic mass is 10.2. The van der Waals surface area contributed by atoms with Crippen molar-refractivity contribution in [2.75, 3.05) is 0 Å². The average molecular weight is 269 g/mol. The maximum Gasteiger partial charge on any atom is 0.408 e. The fourth-order valence-electron chi connectivity index (χ4n) is 1.43. The Morgan fingerprint density at radius 1 is 1.53 bits per heavy atom. The number of carbonyl (C=O) groups excluding carboxylic acids is 1. The number of rotatable bonds is 4. The minimum atomic E-state index is -1.13. The van der Waals surface area contributed by atoms with Gasteiger partial charge in [-0.3, -0.25) is 0 Å². The Labute approximate surface area is 111 Å². The number of nitrogens with one attached hydrogen (secondary N) is 1. The highest BCUT2D eigenvalue weighted by atomic mass is 16.6. The van der Waals surface area contributed by atoms with Crippen LogP contribution in [0.15, 0.2) is 12.4 Å². The smallest absolute Gasteiger partial charge is 0.408 e. The SMILES string of the molecule is Cc1nccn1CC(NC(=O)OC(C)(C)C)C(=O)O. The highest BCUT2D eigenvalue weighted by molar-refractivity contribution is 5.79. The molecule has 1 aromatic rings. The number of aryl methyl sites for hydroxylation is 1. The number of carboxylic acid groups (broad SMARTS) is 1. The molecule has 1 rings (SSSR count). The van der Waals surface area contributed by atoms with Crippen molar-refractivity contribution in [1.82, 2.24) is 14.9 Å². The summed E-state index contributed by atoms with van der Waals surface area (Å²) in [5.41, 5.74) is -0.669. The van der Waals surface area contributed by atoms with Gasteiger partial charge in [-0.1, -0.05) is 0 Å². The van der Waals surface area contributed by atoms with Crippen LogP contribution in [0.3, 0.4) is 0 Å². The Bertz CT molecular complexity index is 462. The number of alkyl carbamates (subject to hydrolysis) is 1. The van der Waals surface area contributed by atoms with Crippen LogP contribution in [0.5, 0.6) is 0 Å². The number of aliphatic carboxylic acids is 1. The first kappa shape index (κ1) is 15.0. The van der Waals surface area contributed by atoms with Crippen molar-refractivity contribution in [3.05, 3.63) is 18.2 Å². The van der Waals surface area contributed by atoms with Crippen LogP contribution >= 0.6 is 0 Å². The quantitative estimate of drug-likeness (QED) is 0.855. The molecule has 1 aromatic heterocycles. The summed E-state index contributed by atoms with van der Waals surface area (Å²) in [6.45, 7) is 6.99. The number of hydrogen-bond donors (Lipinski definition) is 2. The molecule has 1 heterocycles. The van der Waals surface area contributed by atoms with Crippen LogP contribution in [-0.4, -0.2) is 38.4 Å². The zero-order chi connectivity index (χ0) is 14.6. The van der Waals surface area contributed by atoms with Gasteiger partial charge in [0.15, 0.2) is 0 Å². The summed E-state index contributed by atoms with van der Waals surface area (Å²) in [5.74, 6) is -0.448. The number of carboxylic acids is 1. The van der Waals surface area contributed by atoms with Crippen LogP contribution in [0.25, 0.3) is 0 Å². The van der Waals surface area contributed by atoms with E-state index in [-0.39, 0.29) is 6.54 Å². The Morgan fingerprint density at radius 3 is 2.58 bits per heavy atom. The van der Waals surface area contributed by atoms with Crippen LogP contribution in [0.1, 0.15) is 26.6 Å². The van der Waals surface area contributed by atoms with Gasteiger partial charge in [-0.25, -0.2) is 14.6 Å². The van der Waals surface area contributed by atoms with Crippen LogP contribution in [0.2, 0.25) is 0 Å². The lowest BCUT2D eigenvalue weighted by Crippen LogP contribution is -2.45. The second kappa shape index (κ2) is 5.73. The van der Waals surface area contributed by atoms with E-state index < -0.39 is 23.7 Å². The van der Waals surface area contributed by atoms with E-state index in [0.29, 0.717) is 5.82 Å². The Hall–Kier alpha value is -2.05. The summed E-state index contributed by atoms with van der Waals surface area (Å²) in [5, 5.41) is 11.4. The Balaban J connectivity index is 2.67. The van der Waals surface area contributed by atoms with E-state index in [1.807, 2.05) is 0 Å². The summed E-state index contributed by atoms with van der Waals surface area (Å²) < 4.78 is 6.68. The molecule has 0 saturated heterocycles. The summed E-state index contributed by atoms with van der Waals surface area (Å²) >= 11 is 0. The summed E-state index contributed by atoms with van der Waals surface area (Å²) in [4.78, 5) is 26.7. The van der Waals surface area contributed by atoms with Crippen molar-refractivity contribution in [3.8, 4) is 0 Å². The van der Waals surface area contributed by atoms with Crippen molar-refractivity contribution in [1.29, 1.82) is 0 Å². The molecule has 7 nitrogen and oxygen atoms in total. The molecule has 7 heteroatoms. The largest absolute Gasteiger partial charge is 0.480 e. The number of carbonyl (C=O) groups is 2. The van der Waals surface area contributed by atoms with Crippen molar-refractivity contribution in [2.24, 2.45) is 0 Å². The third-order valence-corrected chi connectivity index (χ3v) is 2.29. The minimum Gasteiger partial charge on any atom is -0.480 e. The Morgan fingerprint density at radius 2 is 2.16 bits per heavy atom. The van der Waals surface area contributed by atoms with Crippen molar-refractivity contribution >= 4 is 12.1 Å². The molecule has 0 spiro atoms. The van der Waals surface area contributed by atoms with Crippen LogP contribution in [0, 0.1) is 6.92 Å². The van der Waals surface area contributed by atoms with Gasteiger partial charge >= 0.3 is 12.1 Å². The maximum absolute atomic E-state index is 11.6. The third-order valence-electron chi connectivity index (χ3n) is 2.29. The van der Waals surface area contributed by atoms with Gasteiger partial charge in [0.2, 0.25) is 0 Å². The average Bonchev–Trinajstić information content (AvgIpc) is 2.60. The van der Waals surface area contributed by atoms with Crippen LogP contribution < -0.4 is 5.32 Å². The fourth-order valence-corrected chi connectivity index (χ4v) is 1.43. The minimum absolute atomic E-state index is 0.0976. The van der Waals surface area contributed by atoms with Crippen molar-refractivity contribution in [2.45, 2.75) is 45.9 Å². The standard InChI is InChI=1S/C12H19N3O4/c1-8-13-5-6-15(8)7-9(10(16)17)14-11(18)19-12(2,3)4/h5-6,9H,7H2,1-4H3,(H,14,18)(H,16,17). The fraction of sp³-hybridized carbons (Fsp3) is 0.583. The molecule has 2 N–H and O–H groups in total. The molecule has 19 heavy (non-hydrogen) atoms. The van der Waals surface area contributed by atoms with Crippen molar-refractivity contribution < 1.29 is 19.4 Å². The zero-order valence-electron chi connectivity index (χ0n) is 11.5. The first-order valence-corrected chi connectivity index (χ1v) is 5.89. The van der Waals surface area contributed by atoms with E-state index in [4.69, 9.17) is 9.84 Å².